The lowest BCUT2D eigenvalue weighted by Crippen LogP contribution is -2.31. The molecule has 0 aliphatic carbocycles. The predicted octanol–water partition coefficient (Wildman–Crippen LogP) is 3.54. The van der Waals surface area contributed by atoms with E-state index in [0.29, 0.717) is 18.1 Å². The number of rotatable bonds is 5. The molecule has 7 heteroatoms. The topological polar surface area (TPSA) is 98.9 Å². The van der Waals surface area contributed by atoms with E-state index < -0.39 is 0 Å². The van der Waals surface area contributed by atoms with Crippen LogP contribution in [0, 0.1) is 0 Å². The third kappa shape index (κ3) is 3.52. The van der Waals surface area contributed by atoms with Crippen molar-refractivity contribution in [2.24, 2.45) is 5.84 Å². The molecule has 0 unspecified atom stereocenters. The lowest BCUT2D eigenvalue weighted by molar-refractivity contribution is 0.532. The Morgan fingerprint density at radius 1 is 1.14 bits per heavy atom. The third-order valence-corrected chi connectivity index (χ3v) is 4.62. The second-order valence-corrected chi connectivity index (χ2v) is 7.07. The molecule has 4 aromatic rings. The van der Waals surface area contributed by atoms with E-state index in [1.165, 1.54) is 0 Å². The lowest BCUT2D eigenvalue weighted by atomic mass is 10.1. The van der Waals surface area contributed by atoms with Crippen molar-refractivity contribution in [2.45, 2.75) is 26.4 Å². The Hall–Kier alpha value is -3.45. The molecule has 4 N–H and O–H groups in total. The molecule has 0 fully saturated rings. The van der Waals surface area contributed by atoms with Crippen LogP contribution in [-0.4, -0.2) is 19.7 Å². The van der Waals surface area contributed by atoms with Crippen LogP contribution in [0.4, 0.5) is 11.5 Å². The molecule has 7 nitrogen and oxygen atoms in total. The number of fused-ring (bicyclic) bond motifs is 1. The van der Waals surface area contributed by atoms with Gasteiger partial charge in [-0.1, -0.05) is 12.1 Å². The molecule has 0 aliphatic rings. The van der Waals surface area contributed by atoms with E-state index in [9.17, 15) is 0 Å². The van der Waals surface area contributed by atoms with Crippen LogP contribution >= 0.6 is 0 Å². The molecular formula is C21H23N7. The normalized spacial score (nSPS) is 11.3. The number of nitrogens with zero attached hydrogens (tertiary/aromatic N) is 5. The first-order valence-corrected chi connectivity index (χ1v) is 9.18. The van der Waals surface area contributed by atoms with Gasteiger partial charge in [-0.2, -0.15) is 5.10 Å². The average Bonchev–Trinajstić information content (AvgIpc) is 3.19. The summed E-state index contributed by atoms with van der Waals surface area (Å²) in [5, 5.41) is 7.03. The smallest absolute Gasteiger partial charge is 0.166 e. The molecule has 0 amide bonds. The van der Waals surface area contributed by atoms with E-state index >= 15 is 0 Å². The van der Waals surface area contributed by atoms with Gasteiger partial charge >= 0.3 is 0 Å². The summed E-state index contributed by atoms with van der Waals surface area (Å²) in [7, 11) is 0. The van der Waals surface area contributed by atoms with Gasteiger partial charge in [-0.25, -0.2) is 10.8 Å². The standard InChI is InChI=1S/C21H23N7/c1-14(2)28-13-17(11-25-28)20-8-6-18(22)21(26-20)27(23)12-15-5-7-19-16(10-15)4-3-9-24-19/h3-11,13-14H,12,22-23H2,1-2H3. The maximum atomic E-state index is 6.33. The summed E-state index contributed by atoms with van der Waals surface area (Å²) in [5.41, 5.74) is 10.4. The fourth-order valence-electron chi connectivity index (χ4n) is 3.10. The Morgan fingerprint density at radius 3 is 2.79 bits per heavy atom. The number of pyridine rings is 2. The first-order chi connectivity index (χ1) is 13.5. The number of anilines is 2. The van der Waals surface area contributed by atoms with E-state index in [1.807, 2.05) is 47.3 Å². The molecule has 0 saturated heterocycles. The first-order valence-electron chi connectivity index (χ1n) is 9.18. The highest BCUT2D eigenvalue weighted by molar-refractivity contribution is 5.79. The quantitative estimate of drug-likeness (QED) is 0.410. The number of aromatic nitrogens is 4. The van der Waals surface area contributed by atoms with Crippen LogP contribution in [-0.2, 0) is 6.54 Å². The molecule has 3 aromatic heterocycles. The summed E-state index contributed by atoms with van der Waals surface area (Å²) < 4.78 is 1.90. The molecule has 142 valence electrons. The van der Waals surface area contributed by atoms with Gasteiger partial charge in [0.05, 0.1) is 29.6 Å². The van der Waals surface area contributed by atoms with Gasteiger partial charge in [0.15, 0.2) is 5.82 Å². The molecular weight excluding hydrogens is 350 g/mol. The van der Waals surface area contributed by atoms with Crippen molar-refractivity contribution in [2.75, 3.05) is 10.7 Å². The summed E-state index contributed by atoms with van der Waals surface area (Å²) >= 11 is 0. The van der Waals surface area contributed by atoms with Crippen molar-refractivity contribution in [3.05, 3.63) is 66.6 Å². The van der Waals surface area contributed by atoms with Gasteiger partial charge < -0.3 is 5.73 Å². The molecule has 3 heterocycles. The summed E-state index contributed by atoms with van der Waals surface area (Å²) in [5.74, 6) is 6.87. The van der Waals surface area contributed by atoms with Gasteiger partial charge in [-0.15, -0.1) is 0 Å². The van der Waals surface area contributed by atoms with Crippen molar-refractivity contribution in [1.29, 1.82) is 0 Å². The van der Waals surface area contributed by atoms with Crippen molar-refractivity contribution in [3.63, 3.8) is 0 Å². The average molecular weight is 373 g/mol. The molecule has 0 radical (unpaired) electrons. The number of nitrogen functional groups attached to an aromatic ring is 1. The fourth-order valence-corrected chi connectivity index (χ4v) is 3.10. The van der Waals surface area contributed by atoms with Gasteiger partial charge in [-0.3, -0.25) is 14.7 Å². The Morgan fingerprint density at radius 2 is 2.00 bits per heavy atom. The summed E-state index contributed by atoms with van der Waals surface area (Å²) in [4.78, 5) is 9.03. The summed E-state index contributed by atoms with van der Waals surface area (Å²) in [6.45, 7) is 4.65. The molecule has 0 bridgehead atoms. The van der Waals surface area contributed by atoms with Crippen LogP contribution in [0.5, 0.6) is 0 Å². The Bertz CT molecular complexity index is 1120. The van der Waals surface area contributed by atoms with Gasteiger partial charge in [0.25, 0.3) is 0 Å². The second kappa shape index (κ2) is 7.28. The SMILES string of the molecule is CC(C)n1cc(-c2ccc(N)c(N(N)Cc3ccc4ncccc4c3)n2)cn1. The van der Waals surface area contributed by atoms with E-state index in [-0.39, 0.29) is 6.04 Å². The minimum absolute atomic E-state index is 0.287. The van der Waals surface area contributed by atoms with Crippen LogP contribution in [0.15, 0.2) is 61.1 Å². The Kier molecular flexibility index (Phi) is 4.67. The van der Waals surface area contributed by atoms with E-state index in [1.54, 1.807) is 17.4 Å². The van der Waals surface area contributed by atoms with E-state index in [4.69, 9.17) is 11.6 Å². The van der Waals surface area contributed by atoms with Crippen LogP contribution in [0.2, 0.25) is 0 Å². The zero-order chi connectivity index (χ0) is 19.7. The maximum Gasteiger partial charge on any atom is 0.166 e. The molecule has 28 heavy (non-hydrogen) atoms. The molecule has 1 aromatic carbocycles. The minimum atomic E-state index is 0.287. The number of hydrogen-bond donors (Lipinski definition) is 2. The molecule has 0 atom stereocenters. The Labute approximate surface area is 163 Å². The Balaban J connectivity index is 1.61. The molecule has 0 aliphatic heterocycles. The zero-order valence-corrected chi connectivity index (χ0v) is 15.9. The maximum absolute atomic E-state index is 6.33. The minimum Gasteiger partial charge on any atom is -0.396 e. The highest BCUT2D eigenvalue weighted by Gasteiger charge is 2.13. The van der Waals surface area contributed by atoms with Crippen molar-refractivity contribution in [3.8, 4) is 11.3 Å². The van der Waals surface area contributed by atoms with Gasteiger partial charge in [0.2, 0.25) is 0 Å². The predicted molar refractivity (Wildman–Crippen MR) is 112 cm³/mol. The monoisotopic (exact) mass is 373 g/mol. The molecule has 4 rings (SSSR count). The van der Waals surface area contributed by atoms with Gasteiger partial charge in [0.1, 0.15) is 0 Å². The van der Waals surface area contributed by atoms with Gasteiger partial charge in [0, 0.05) is 29.4 Å². The highest BCUT2D eigenvalue weighted by atomic mass is 15.4. The van der Waals surface area contributed by atoms with Crippen LogP contribution in [0.3, 0.4) is 0 Å². The van der Waals surface area contributed by atoms with Crippen LogP contribution in [0.25, 0.3) is 22.2 Å². The van der Waals surface area contributed by atoms with Crippen molar-refractivity contribution in [1.82, 2.24) is 19.7 Å². The molecule has 0 saturated carbocycles. The summed E-state index contributed by atoms with van der Waals surface area (Å²) in [6.07, 6.45) is 5.57. The highest BCUT2D eigenvalue weighted by Crippen LogP contribution is 2.26. The summed E-state index contributed by atoms with van der Waals surface area (Å²) in [6, 6.07) is 14.0. The number of benzene rings is 1. The van der Waals surface area contributed by atoms with Crippen LogP contribution in [0.1, 0.15) is 25.5 Å². The van der Waals surface area contributed by atoms with Gasteiger partial charge in [-0.05, 0) is 49.7 Å². The fraction of sp³-hybridized carbons (Fsp3) is 0.190. The number of nitrogens with two attached hydrogens (primary N) is 2. The first kappa shape index (κ1) is 17.9. The van der Waals surface area contributed by atoms with Crippen LogP contribution < -0.4 is 16.6 Å². The van der Waals surface area contributed by atoms with E-state index in [2.05, 4.69) is 35.0 Å². The van der Waals surface area contributed by atoms with E-state index in [0.717, 1.165) is 27.7 Å². The number of hydrazine groups is 1. The zero-order valence-electron chi connectivity index (χ0n) is 15.9. The largest absolute Gasteiger partial charge is 0.396 e. The third-order valence-electron chi connectivity index (χ3n) is 4.62. The lowest BCUT2D eigenvalue weighted by Gasteiger charge is -2.20. The van der Waals surface area contributed by atoms with Crippen molar-refractivity contribution < 1.29 is 0 Å². The second-order valence-electron chi connectivity index (χ2n) is 7.07. The molecule has 0 spiro atoms. The number of hydrogen-bond acceptors (Lipinski definition) is 6. The van der Waals surface area contributed by atoms with Crippen molar-refractivity contribution >= 4 is 22.4 Å².